The molecule has 0 atom stereocenters. The molecule has 1 radical (unpaired) electrons. The van der Waals surface area contributed by atoms with Crippen LogP contribution in [0.5, 0.6) is 0 Å². The quantitative estimate of drug-likeness (QED) is 0.180. The topological polar surface area (TPSA) is 43.2 Å². The van der Waals surface area contributed by atoms with E-state index in [9.17, 15) is 0 Å². The van der Waals surface area contributed by atoms with E-state index in [2.05, 4.69) is 200 Å². The lowest BCUT2D eigenvalue weighted by Gasteiger charge is -2.26. The van der Waals surface area contributed by atoms with Gasteiger partial charge in [0.25, 0.3) is 0 Å². The number of furan rings is 2. The summed E-state index contributed by atoms with van der Waals surface area (Å²) in [6, 6.07) is 51.7. The molecule has 1 aliphatic carbocycles. The third-order valence-electron chi connectivity index (χ3n) is 14.5. The Labute approximate surface area is 373 Å². The lowest BCUT2D eigenvalue weighted by atomic mass is 9.58. The maximum atomic E-state index is 6.56. The fourth-order valence-corrected chi connectivity index (χ4v) is 11.0. The van der Waals surface area contributed by atoms with Crippen LogP contribution < -0.4 is 16.2 Å². The predicted molar refractivity (Wildman–Crippen MR) is 270 cm³/mol. The van der Waals surface area contributed by atoms with E-state index in [1.54, 1.807) is 0 Å². The zero-order valence-corrected chi connectivity index (χ0v) is 37.6. The Morgan fingerprint density at radius 2 is 1.14 bits per heavy atom. The van der Waals surface area contributed by atoms with Crippen molar-refractivity contribution in [2.45, 2.75) is 71.6 Å². The van der Waals surface area contributed by atoms with Gasteiger partial charge in [0.1, 0.15) is 22.3 Å². The van der Waals surface area contributed by atoms with Crippen LogP contribution >= 0.6 is 0 Å². The van der Waals surface area contributed by atoms with Gasteiger partial charge < -0.3 is 18.7 Å². The summed E-state index contributed by atoms with van der Waals surface area (Å²) in [5, 5.41) is 10.9. The fraction of sp³-hybridized carbons (Fsp3) is 0.186. The Balaban J connectivity index is 1.10. The minimum atomic E-state index is -0.194. The molecule has 0 fully saturated rings. The second-order valence-electron chi connectivity index (χ2n) is 20.9. The summed E-state index contributed by atoms with van der Waals surface area (Å²) in [5.41, 5.74) is 21.7. The lowest BCUT2D eigenvalue weighted by molar-refractivity contribution is 0.589. The lowest BCUT2D eigenvalue weighted by Crippen LogP contribution is -2.37. The number of anilines is 2. The van der Waals surface area contributed by atoms with E-state index in [-0.39, 0.29) is 16.2 Å². The number of rotatable bonds is 3. The van der Waals surface area contributed by atoms with Crippen molar-refractivity contribution in [2.24, 2.45) is 0 Å². The molecule has 2 aliphatic rings. The van der Waals surface area contributed by atoms with Gasteiger partial charge in [0.05, 0.1) is 5.52 Å². The van der Waals surface area contributed by atoms with Crippen LogP contribution in [0.25, 0.3) is 93.6 Å². The number of hydrogen-bond donors (Lipinski definition) is 1. The number of nitrogens with zero attached hydrogens (tertiary/aromatic N) is 1. The Kier molecular flexibility index (Phi) is 7.40. The molecule has 0 unspecified atom stereocenters. The Morgan fingerprint density at radius 3 is 1.84 bits per heavy atom. The van der Waals surface area contributed by atoms with Crippen LogP contribution in [0.15, 0.2) is 148 Å². The molecule has 0 saturated heterocycles. The number of hydrogen-bond acceptors (Lipinski definition) is 3. The van der Waals surface area contributed by atoms with Crippen LogP contribution in [-0.4, -0.2) is 11.8 Å². The number of benzene rings is 8. The van der Waals surface area contributed by atoms with Gasteiger partial charge >= 0.3 is 0 Å². The van der Waals surface area contributed by atoms with Gasteiger partial charge in [-0.25, -0.2) is 0 Å². The molecule has 1 N–H and O–H groups in total. The van der Waals surface area contributed by atoms with Gasteiger partial charge in [-0.2, -0.15) is 0 Å². The molecule has 0 saturated carbocycles. The molecule has 4 heterocycles. The van der Waals surface area contributed by atoms with Crippen LogP contribution in [-0.2, 0) is 16.2 Å². The highest BCUT2D eigenvalue weighted by atomic mass is 16.3. The molecule has 8 aromatic carbocycles. The SMILES string of the molecule is CC(C)(C)c1ccc(Nc2cc3c(cc2-c2ccc4c5cc6c(cc5n5c4c2[B]c2cc4c(cc2-5)oc2ccccc24)oc2ccccc26)C(C)(C)c2ccc(C(C)(C)C)cc2-3)cc1. The van der Waals surface area contributed by atoms with Gasteiger partial charge in [-0.1, -0.05) is 146 Å². The summed E-state index contributed by atoms with van der Waals surface area (Å²) < 4.78 is 15.6. The van der Waals surface area contributed by atoms with E-state index in [0.29, 0.717) is 0 Å². The Bertz CT molecular complexity index is 3820. The zero-order chi connectivity index (χ0) is 43.6. The van der Waals surface area contributed by atoms with E-state index in [1.165, 1.54) is 66.3 Å². The van der Waals surface area contributed by atoms with Crippen molar-refractivity contribution in [3.63, 3.8) is 0 Å². The average molecular weight is 828 g/mol. The van der Waals surface area contributed by atoms with Crippen LogP contribution in [0.4, 0.5) is 11.4 Å². The number of fused-ring (bicyclic) bond motifs is 14. The van der Waals surface area contributed by atoms with Crippen molar-refractivity contribution >= 4 is 95.3 Å². The highest BCUT2D eigenvalue weighted by Crippen LogP contribution is 2.53. The second-order valence-corrected chi connectivity index (χ2v) is 20.9. The number of aromatic nitrogens is 1. The average Bonchev–Trinajstić information content (AvgIpc) is 3.98. The summed E-state index contributed by atoms with van der Waals surface area (Å²) in [6.45, 7) is 18.5. The molecule has 5 heteroatoms. The predicted octanol–water partition coefficient (Wildman–Crippen LogP) is 14.9. The summed E-state index contributed by atoms with van der Waals surface area (Å²) in [6.07, 6.45) is 0. The van der Waals surface area contributed by atoms with E-state index >= 15 is 0 Å². The van der Waals surface area contributed by atoms with E-state index < -0.39 is 0 Å². The van der Waals surface area contributed by atoms with Crippen molar-refractivity contribution in [1.29, 1.82) is 0 Å². The Hall–Kier alpha value is -6.98. The van der Waals surface area contributed by atoms with Crippen LogP contribution in [0.2, 0.25) is 0 Å². The smallest absolute Gasteiger partial charge is 0.197 e. The molecule has 0 bridgehead atoms. The molecule has 3 aromatic heterocycles. The molecular weight excluding hydrogens is 779 g/mol. The molecular formula is C59H48BN2O2. The molecule has 4 nitrogen and oxygen atoms in total. The first-order valence-corrected chi connectivity index (χ1v) is 22.7. The maximum absolute atomic E-state index is 6.56. The summed E-state index contributed by atoms with van der Waals surface area (Å²) >= 11 is 0. The molecule has 0 spiro atoms. The third-order valence-corrected chi connectivity index (χ3v) is 14.5. The molecule has 64 heavy (non-hydrogen) atoms. The van der Waals surface area contributed by atoms with Crippen LogP contribution in [0, 0.1) is 0 Å². The molecule has 13 rings (SSSR count). The second kappa shape index (κ2) is 12.6. The first-order chi connectivity index (χ1) is 30.7. The highest BCUT2D eigenvalue weighted by molar-refractivity contribution is 6.73. The zero-order valence-electron chi connectivity index (χ0n) is 37.6. The third kappa shape index (κ3) is 5.24. The number of para-hydroxylation sites is 2. The largest absolute Gasteiger partial charge is 0.456 e. The van der Waals surface area contributed by atoms with Gasteiger partial charge in [0.15, 0.2) is 7.28 Å². The van der Waals surface area contributed by atoms with Crippen molar-refractivity contribution in [2.75, 3.05) is 5.32 Å². The summed E-state index contributed by atoms with van der Waals surface area (Å²) in [4.78, 5) is 0. The van der Waals surface area contributed by atoms with Gasteiger partial charge in [-0.3, -0.25) is 0 Å². The van der Waals surface area contributed by atoms with Crippen molar-refractivity contribution in [3.05, 3.63) is 162 Å². The van der Waals surface area contributed by atoms with Crippen molar-refractivity contribution < 1.29 is 8.83 Å². The normalized spacial score (nSPS) is 14.2. The van der Waals surface area contributed by atoms with Crippen molar-refractivity contribution in [1.82, 2.24) is 4.57 Å². The monoisotopic (exact) mass is 827 g/mol. The first-order valence-electron chi connectivity index (χ1n) is 22.7. The fourth-order valence-electron chi connectivity index (χ4n) is 11.0. The Morgan fingerprint density at radius 1 is 0.500 bits per heavy atom. The van der Waals surface area contributed by atoms with E-state index in [0.717, 1.165) is 71.9 Å². The minimum Gasteiger partial charge on any atom is -0.456 e. The van der Waals surface area contributed by atoms with Crippen LogP contribution in [0.1, 0.15) is 77.6 Å². The summed E-state index contributed by atoms with van der Waals surface area (Å²) in [7, 11) is 2.43. The molecule has 11 aromatic rings. The van der Waals surface area contributed by atoms with Gasteiger partial charge in [-0.15, -0.1) is 0 Å². The van der Waals surface area contributed by atoms with Crippen molar-refractivity contribution in [3.8, 4) is 27.9 Å². The van der Waals surface area contributed by atoms with Gasteiger partial charge in [0.2, 0.25) is 0 Å². The maximum Gasteiger partial charge on any atom is 0.197 e. The first kappa shape index (κ1) is 37.6. The van der Waals surface area contributed by atoms with E-state index in [1.807, 2.05) is 12.1 Å². The summed E-state index contributed by atoms with van der Waals surface area (Å²) in [5.74, 6) is 0. The van der Waals surface area contributed by atoms with E-state index in [4.69, 9.17) is 8.83 Å². The van der Waals surface area contributed by atoms with Gasteiger partial charge in [0, 0.05) is 78.0 Å². The number of nitrogens with one attached hydrogen (secondary N) is 1. The molecule has 0 amide bonds. The molecule has 1 aliphatic heterocycles. The van der Waals surface area contributed by atoms with Gasteiger partial charge in [-0.05, 0) is 97.7 Å². The highest BCUT2D eigenvalue weighted by Gasteiger charge is 2.38. The standard InChI is InChI=1S/C59H48BN2O2/c1-57(2,3)32-17-20-34(21-18-32)61-48-29-40-39-25-33(58(4,5)6)19-24-45(39)59(7,8)46(40)27-41(48)37-22-23-38-42-26-43-35-13-9-11-15-51(35)63-53(43)30-49(42)62-50-31-54-44(28-47(50)60-55(37)56(38)62)36-14-10-12-16-52(36)64-54/h9-31,61H,1-8H3. The molecule has 309 valence electrons. The van der Waals surface area contributed by atoms with Crippen LogP contribution in [0.3, 0.4) is 0 Å². The minimum absolute atomic E-state index is 0.0321.